The van der Waals surface area contributed by atoms with Gasteiger partial charge in [0.1, 0.15) is 5.75 Å². The van der Waals surface area contributed by atoms with Crippen molar-refractivity contribution in [3.63, 3.8) is 0 Å². The van der Waals surface area contributed by atoms with Gasteiger partial charge in [0.2, 0.25) is 5.91 Å². The predicted molar refractivity (Wildman–Crippen MR) is 106 cm³/mol. The van der Waals surface area contributed by atoms with Gasteiger partial charge in [0.05, 0.1) is 11.0 Å². The summed E-state index contributed by atoms with van der Waals surface area (Å²) in [5.74, 6) is 0.629. The average molecular weight is 368 g/mol. The summed E-state index contributed by atoms with van der Waals surface area (Å²) < 4.78 is 5.68. The zero-order valence-corrected chi connectivity index (χ0v) is 15.6. The van der Waals surface area contributed by atoms with Crippen LogP contribution in [0, 0.1) is 10.1 Å². The molecule has 0 radical (unpaired) electrons. The third-order valence-electron chi connectivity index (χ3n) is 3.72. The Morgan fingerprint density at radius 1 is 1.22 bits per heavy atom. The summed E-state index contributed by atoms with van der Waals surface area (Å²) in [6.07, 6.45) is 4.73. The molecule has 0 aromatic heterocycles. The van der Waals surface area contributed by atoms with Crippen LogP contribution in [-0.4, -0.2) is 23.5 Å². The number of carbonyl (C=O) groups is 1. The second-order valence-corrected chi connectivity index (χ2v) is 6.39. The number of non-ortho nitro benzene ring substituents is 1. The first-order chi connectivity index (χ1) is 12.9. The van der Waals surface area contributed by atoms with E-state index >= 15 is 0 Å². The van der Waals surface area contributed by atoms with Crippen molar-refractivity contribution in [2.75, 3.05) is 6.54 Å². The van der Waals surface area contributed by atoms with Gasteiger partial charge < -0.3 is 10.1 Å². The molecule has 6 heteroatoms. The molecular weight excluding hydrogens is 344 g/mol. The molecule has 142 valence electrons. The van der Waals surface area contributed by atoms with E-state index < -0.39 is 4.92 Å². The van der Waals surface area contributed by atoms with Crippen LogP contribution < -0.4 is 10.1 Å². The molecule has 2 aromatic carbocycles. The number of carbonyl (C=O) groups excluding carboxylic acids is 1. The van der Waals surface area contributed by atoms with Gasteiger partial charge in [0, 0.05) is 24.8 Å². The summed E-state index contributed by atoms with van der Waals surface area (Å²) in [5.41, 5.74) is 1.78. The Bertz CT molecular complexity index is 815. The maximum Gasteiger partial charge on any atom is 0.270 e. The summed E-state index contributed by atoms with van der Waals surface area (Å²) in [4.78, 5) is 22.2. The lowest BCUT2D eigenvalue weighted by Gasteiger charge is -2.11. The molecule has 0 fully saturated rings. The second kappa shape index (κ2) is 10.1. The van der Waals surface area contributed by atoms with Crippen LogP contribution in [0.5, 0.6) is 5.75 Å². The van der Waals surface area contributed by atoms with E-state index in [4.69, 9.17) is 4.74 Å². The fourth-order valence-electron chi connectivity index (χ4n) is 2.52. The molecule has 1 amide bonds. The number of nitro groups is 1. The number of hydrogen-bond acceptors (Lipinski definition) is 4. The van der Waals surface area contributed by atoms with Gasteiger partial charge in [-0.1, -0.05) is 24.3 Å². The molecule has 0 spiro atoms. The minimum atomic E-state index is -0.460. The first-order valence-corrected chi connectivity index (χ1v) is 8.90. The van der Waals surface area contributed by atoms with E-state index in [1.807, 2.05) is 38.1 Å². The first-order valence-electron chi connectivity index (χ1n) is 8.90. The molecule has 0 aliphatic rings. The van der Waals surface area contributed by atoms with Crippen LogP contribution in [0.1, 0.15) is 31.4 Å². The number of aryl methyl sites for hydroxylation is 1. The first kappa shape index (κ1) is 20.2. The SMILES string of the molecule is CC(C)Oc1cccc(CCCNC(=O)/C=C/c2cccc([N+](=O)[O-])c2)c1. The average Bonchev–Trinajstić information content (AvgIpc) is 2.63. The van der Waals surface area contributed by atoms with Crippen molar-refractivity contribution in [3.8, 4) is 5.75 Å². The minimum absolute atomic E-state index is 0.00114. The molecule has 1 N–H and O–H groups in total. The Hall–Kier alpha value is -3.15. The number of amides is 1. The Morgan fingerprint density at radius 2 is 2.00 bits per heavy atom. The molecule has 0 saturated carbocycles. The summed E-state index contributed by atoms with van der Waals surface area (Å²) in [5, 5.41) is 13.6. The third kappa shape index (κ3) is 7.32. The normalized spacial score (nSPS) is 10.9. The van der Waals surface area contributed by atoms with Crippen LogP contribution >= 0.6 is 0 Å². The maximum atomic E-state index is 11.9. The molecular formula is C21H24N2O4. The Balaban J connectivity index is 1.76. The lowest BCUT2D eigenvalue weighted by atomic mass is 10.1. The second-order valence-electron chi connectivity index (χ2n) is 6.39. The highest BCUT2D eigenvalue weighted by atomic mass is 16.6. The third-order valence-corrected chi connectivity index (χ3v) is 3.72. The van der Waals surface area contributed by atoms with Crippen molar-refractivity contribution in [1.82, 2.24) is 5.32 Å². The van der Waals surface area contributed by atoms with Crippen molar-refractivity contribution in [3.05, 3.63) is 75.8 Å². The van der Waals surface area contributed by atoms with Gasteiger partial charge in [-0.05, 0) is 56.0 Å². The van der Waals surface area contributed by atoms with Gasteiger partial charge >= 0.3 is 0 Å². The Labute approximate surface area is 159 Å². The Morgan fingerprint density at radius 3 is 2.74 bits per heavy atom. The highest BCUT2D eigenvalue weighted by Crippen LogP contribution is 2.16. The summed E-state index contributed by atoms with van der Waals surface area (Å²) in [6, 6.07) is 14.1. The summed E-state index contributed by atoms with van der Waals surface area (Å²) in [6.45, 7) is 4.53. The Kier molecular flexibility index (Phi) is 7.55. The maximum absolute atomic E-state index is 11.9. The molecule has 0 aliphatic heterocycles. The van der Waals surface area contributed by atoms with Gasteiger partial charge in [-0.2, -0.15) is 0 Å². The van der Waals surface area contributed by atoms with Crippen LogP contribution in [0.3, 0.4) is 0 Å². The lowest BCUT2D eigenvalue weighted by molar-refractivity contribution is -0.384. The van der Waals surface area contributed by atoms with E-state index in [1.165, 1.54) is 18.2 Å². The van der Waals surface area contributed by atoms with E-state index in [1.54, 1.807) is 18.2 Å². The van der Waals surface area contributed by atoms with Crippen LogP contribution in [0.2, 0.25) is 0 Å². The molecule has 0 unspecified atom stereocenters. The van der Waals surface area contributed by atoms with Crippen molar-refractivity contribution in [2.24, 2.45) is 0 Å². The lowest BCUT2D eigenvalue weighted by Crippen LogP contribution is -2.22. The number of nitrogens with one attached hydrogen (secondary N) is 1. The van der Waals surface area contributed by atoms with Crippen molar-refractivity contribution in [1.29, 1.82) is 0 Å². The standard InChI is InChI=1S/C21H24N2O4/c1-16(2)27-20-10-4-7-17(15-20)8-5-13-22-21(24)12-11-18-6-3-9-19(14-18)23(25)26/h3-4,6-7,9-12,14-16H,5,8,13H2,1-2H3,(H,22,24)/b12-11+. The van der Waals surface area contributed by atoms with Gasteiger partial charge in [-0.3, -0.25) is 14.9 Å². The number of hydrogen-bond donors (Lipinski definition) is 1. The number of rotatable bonds is 9. The molecule has 0 aliphatic carbocycles. The predicted octanol–water partition coefficient (Wildman–Crippen LogP) is 4.14. The largest absolute Gasteiger partial charge is 0.491 e. The summed E-state index contributed by atoms with van der Waals surface area (Å²) in [7, 11) is 0. The van der Waals surface area contributed by atoms with Crippen molar-refractivity contribution >= 4 is 17.7 Å². The van der Waals surface area contributed by atoms with Crippen molar-refractivity contribution < 1.29 is 14.5 Å². The summed E-state index contributed by atoms with van der Waals surface area (Å²) >= 11 is 0. The fraction of sp³-hybridized carbons (Fsp3) is 0.286. The number of benzene rings is 2. The number of nitro benzene ring substituents is 1. The highest BCUT2D eigenvalue weighted by Gasteiger charge is 2.04. The van der Waals surface area contributed by atoms with Gasteiger partial charge in [0.25, 0.3) is 5.69 Å². The molecule has 0 heterocycles. The van der Waals surface area contributed by atoms with Crippen molar-refractivity contribution in [2.45, 2.75) is 32.8 Å². The topological polar surface area (TPSA) is 81.5 Å². The van der Waals surface area contributed by atoms with Gasteiger partial charge in [-0.25, -0.2) is 0 Å². The molecule has 2 rings (SSSR count). The van der Waals surface area contributed by atoms with E-state index in [0.29, 0.717) is 12.1 Å². The molecule has 2 aromatic rings. The monoisotopic (exact) mass is 368 g/mol. The molecule has 27 heavy (non-hydrogen) atoms. The molecule has 6 nitrogen and oxygen atoms in total. The smallest absolute Gasteiger partial charge is 0.270 e. The van der Waals surface area contributed by atoms with E-state index in [2.05, 4.69) is 5.32 Å². The molecule has 0 bridgehead atoms. The zero-order chi connectivity index (χ0) is 19.6. The van der Waals surface area contributed by atoms with E-state index in [9.17, 15) is 14.9 Å². The van der Waals surface area contributed by atoms with E-state index in [0.717, 1.165) is 24.2 Å². The quantitative estimate of drug-likeness (QED) is 0.312. The van der Waals surface area contributed by atoms with Crippen LogP contribution in [-0.2, 0) is 11.2 Å². The highest BCUT2D eigenvalue weighted by molar-refractivity contribution is 5.91. The fourth-order valence-corrected chi connectivity index (χ4v) is 2.52. The van der Waals surface area contributed by atoms with E-state index in [-0.39, 0.29) is 17.7 Å². The minimum Gasteiger partial charge on any atom is -0.491 e. The molecule has 0 atom stereocenters. The zero-order valence-electron chi connectivity index (χ0n) is 15.6. The van der Waals surface area contributed by atoms with Crippen LogP contribution in [0.25, 0.3) is 6.08 Å². The van der Waals surface area contributed by atoms with Crippen LogP contribution in [0.4, 0.5) is 5.69 Å². The van der Waals surface area contributed by atoms with Gasteiger partial charge in [0.15, 0.2) is 0 Å². The van der Waals surface area contributed by atoms with Crippen LogP contribution in [0.15, 0.2) is 54.6 Å². The molecule has 0 saturated heterocycles. The van der Waals surface area contributed by atoms with Gasteiger partial charge in [-0.15, -0.1) is 0 Å². The number of nitrogens with zero attached hydrogens (tertiary/aromatic N) is 1. The number of ether oxygens (including phenoxy) is 1.